The lowest BCUT2D eigenvalue weighted by Crippen LogP contribution is -2.43. The molecule has 1 unspecified atom stereocenters. The van der Waals surface area contributed by atoms with Gasteiger partial charge < -0.3 is 10.0 Å². The molecule has 100 valence electrons. The van der Waals surface area contributed by atoms with Crippen molar-refractivity contribution in [3.63, 3.8) is 0 Å². The third-order valence-corrected chi connectivity index (χ3v) is 4.03. The van der Waals surface area contributed by atoms with Crippen LogP contribution in [0.3, 0.4) is 0 Å². The zero-order valence-electron chi connectivity index (χ0n) is 10.4. The van der Waals surface area contributed by atoms with E-state index >= 15 is 0 Å². The number of carbonyl (C=O) groups is 1. The number of nitrogens with one attached hydrogen (secondary N) is 1. The molecule has 0 bridgehead atoms. The zero-order chi connectivity index (χ0) is 13.0. The summed E-state index contributed by atoms with van der Waals surface area (Å²) >= 11 is 1.40. The summed E-state index contributed by atoms with van der Waals surface area (Å²) in [5.74, 6) is 0.199. The molecule has 0 aliphatic carbocycles. The number of aliphatic hydroxyl groups is 1. The molecule has 0 spiro atoms. The van der Waals surface area contributed by atoms with Gasteiger partial charge in [-0.1, -0.05) is 18.3 Å². The first-order valence-electron chi connectivity index (χ1n) is 6.22. The van der Waals surface area contributed by atoms with E-state index < -0.39 is 0 Å². The first-order chi connectivity index (χ1) is 8.72. The van der Waals surface area contributed by atoms with E-state index in [2.05, 4.69) is 15.5 Å². The van der Waals surface area contributed by atoms with Crippen molar-refractivity contribution in [2.75, 3.05) is 25.0 Å². The Bertz CT molecular complexity index is 410. The second kappa shape index (κ2) is 6.10. The van der Waals surface area contributed by atoms with Gasteiger partial charge in [0, 0.05) is 19.7 Å². The number of rotatable bonds is 3. The summed E-state index contributed by atoms with van der Waals surface area (Å²) in [5, 5.41) is 21.2. The SMILES string of the molecule is CCc1nnc(NC(=O)N2CCCC(CO)C2)s1. The number of hydrogen-bond donors (Lipinski definition) is 2. The Hall–Kier alpha value is -1.21. The lowest BCUT2D eigenvalue weighted by Gasteiger charge is -2.31. The molecule has 1 atom stereocenters. The van der Waals surface area contributed by atoms with Gasteiger partial charge in [0.15, 0.2) is 0 Å². The highest BCUT2D eigenvalue weighted by molar-refractivity contribution is 7.15. The van der Waals surface area contributed by atoms with Crippen LogP contribution in [0.2, 0.25) is 0 Å². The first kappa shape index (κ1) is 13.2. The van der Waals surface area contributed by atoms with Crippen LogP contribution in [0.4, 0.5) is 9.93 Å². The summed E-state index contributed by atoms with van der Waals surface area (Å²) in [6.07, 6.45) is 2.75. The molecule has 1 aromatic rings. The van der Waals surface area contributed by atoms with Crippen LogP contribution in [0.5, 0.6) is 0 Å². The lowest BCUT2D eigenvalue weighted by molar-refractivity contribution is 0.136. The number of carbonyl (C=O) groups excluding carboxylic acids is 1. The summed E-state index contributed by atoms with van der Waals surface area (Å²) in [6.45, 7) is 3.49. The molecule has 2 rings (SSSR count). The van der Waals surface area contributed by atoms with Gasteiger partial charge in [-0.25, -0.2) is 4.79 Å². The van der Waals surface area contributed by atoms with Crippen molar-refractivity contribution in [3.05, 3.63) is 5.01 Å². The predicted molar refractivity (Wildman–Crippen MR) is 69.7 cm³/mol. The number of amides is 2. The second-order valence-corrected chi connectivity index (χ2v) is 5.48. The zero-order valence-corrected chi connectivity index (χ0v) is 11.2. The lowest BCUT2D eigenvalue weighted by atomic mass is 9.99. The van der Waals surface area contributed by atoms with Crippen molar-refractivity contribution >= 4 is 22.5 Å². The molecule has 18 heavy (non-hydrogen) atoms. The van der Waals surface area contributed by atoms with Crippen LogP contribution < -0.4 is 5.32 Å². The average Bonchev–Trinajstić information content (AvgIpc) is 2.86. The molecule has 1 aromatic heterocycles. The Balaban J connectivity index is 1.90. The van der Waals surface area contributed by atoms with Crippen LogP contribution in [0.25, 0.3) is 0 Å². The standard InChI is InChI=1S/C11H18N4O2S/c1-2-9-13-14-10(18-9)12-11(17)15-5-3-4-8(6-15)7-16/h8,16H,2-7H2,1H3,(H,12,14,17). The summed E-state index contributed by atoms with van der Waals surface area (Å²) < 4.78 is 0. The fraction of sp³-hybridized carbons (Fsp3) is 0.727. The highest BCUT2D eigenvalue weighted by Crippen LogP contribution is 2.19. The van der Waals surface area contributed by atoms with Crippen LogP contribution >= 0.6 is 11.3 Å². The second-order valence-electron chi connectivity index (χ2n) is 4.42. The predicted octanol–water partition coefficient (Wildman–Crippen LogP) is 1.34. The molecule has 2 N–H and O–H groups in total. The van der Waals surface area contributed by atoms with Gasteiger partial charge in [-0.3, -0.25) is 5.32 Å². The topological polar surface area (TPSA) is 78.4 Å². The van der Waals surface area contributed by atoms with Crippen molar-refractivity contribution in [2.24, 2.45) is 5.92 Å². The van der Waals surface area contributed by atoms with E-state index in [-0.39, 0.29) is 18.6 Å². The van der Waals surface area contributed by atoms with Crippen LogP contribution in [0, 0.1) is 5.92 Å². The molecule has 2 heterocycles. The number of likely N-dealkylation sites (tertiary alicyclic amines) is 1. The van der Waals surface area contributed by atoms with Gasteiger partial charge in [0.1, 0.15) is 5.01 Å². The van der Waals surface area contributed by atoms with Gasteiger partial charge in [0.2, 0.25) is 5.13 Å². The van der Waals surface area contributed by atoms with Crippen LogP contribution in [0.15, 0.2) is 0 Å². The monoisotopic (exact) mass is 270 g/mol. The van der Waals surface area contributed by atoms with Crippen molar-refractivity contribution in [1.29, 1.82) is 0 Å². The number of aromatic nitrogens is 2. The minimum Gasteiger partial charge on any atom is -0.396 e. The van der Waals surface area contributed by atoms with Crippen molar-refractivity contribution < 1.29 is 9.90 Å². The molecule has 0 aromatic carbocycles. The summed E-state index contributed by atoms with van der Waals surface area (Å²) in [4.78, 5) is 13.7. The van der Waals surface area contributed by atoms with Gasteiger partial charge >= 0.3 is 6.03 Å². The Kier molecular flexibility index (Phi) is 4.48. The molecule has 6 nitrogen and oxygen atoms in total. The van der Waals surface area contributed by atoms with E-state index in [1.165, 1.54) is 11.3 Å². The molecule has 0 radical (unpaired) electrons. The molecule has 1 aliphatic heterocycles. The quantitative estimate of drug-likeness (QED) is 0.868. The average molecular weight is 270 g/mol. The Morgan fingerprint density at radius 2 is 2.44 bits per heavy atom. The molecule has 1 aliphatic rings. The van der Waals surface area contributed by atoms with Gasteiger partial charge in [0.25, 0.3) is 0 Å². The summed E-state index contributed by atoms with van der Waals surface area (Å²) in [6, 6.07) is -0.146. The van der Waals surface area contributed by atoms with Crippen molar-refractivity contribution in [1.82, 2.24) is 15.1 Å². The molecular formula is C11H18N4O2S. The van der Waals surface area contributed by atoms with Crippen LogP contribution in [-0.4, -0.2) is 45.9 Å². The Morgan fingerprint density at radius 1 is 1.61 bits per heavy atom. The van der Waals surface area contributed by atoms with E-state index in [0.717, 1.165) is 30.8 Å². The molecular weight excluding hydrogens is 252 g/mol. The fourth-order valence-corrected chi connectivity index (χ4v) is 2.69. The maximum atomic E-state index is 12.0. The van der Waals surface area contributed by atoms with Gasteiger partial charge in [-0.05, 0) is 25.2 Å². The minimum absolute atomic E-state index is 0.141. The third kappa shape index (κ3) is 3.17. The van der Waals surface area contributed by atoms with Crippen LogP contribution in [-0.2, 0) is 6.42 Å². The largest absolute Gasteiger partial charge is 0.396 e. The number of anilines is 1. The number of urea groups is 1. The normalized spacial score (nSPS) is 19.9. The third-order valence-electron chi connectivity index (χ3n) is 3.05. The van der Waals surface area contributed by atoms with Crippen molar-refractivity contribution in [2.45, 2.75) is 26.2 Å². The Labute approximate surface area is 110 Å². The van der Waals surface area contributed by atoms with Crippen LogP contribution in [0.1, 0.15) is 24.8 Å². The van der Waals surface area contributed by atoms with E-state index in [1.807, 2.05) is 6.92 Å². The Morgan fingerprint density at radius 3 is 3.11 bits per heavy atom. The maximum absolute atomic E-state index is 12.0. The number of nitrogens with zero attached hydrogens (tertiary/aromatic N) is 3. The van der Waals surface area contributed by atoms with E-state index in [9.17, 15) is 4.79 Å². The van der Waals surface area contributed by atoms with Gasteiger partial charge in [-0.15, -0.1) is 10.2 Å². The number of piperidine rings is 1. The maximum Gasteiger partial charge on any atom is 0.323 e. The van der Waals surface area contributed by atoms with E-state index in [0.29, 0.717) is 11.7 Å². The van der Waals surface area contributed by atoms with Crippen molar-refractivity contribution in [3.8, 4) is 0 Å². The smallest absolute Gasteiger partial charge is 0.323 e. The number of hydrogen-bond acceptors (Lipinski definition) is 5. The highest BCUT2D eigenvalue weighted by atomic mass is 32.1. The van der Waals surface area contributed by atoms with E-state index in [4.69, 9.17) is 5.11 Å². The summed E-state index contributed by atoms with van der Waals surface area (Å²) in [7, 11) is 0. The highest BCUT2D eigenvalue weighted by Gasteiger charge is 2.23. The molecule has 1 fully saturated rings. The molecule has 1 saturated heterocycles. The minimum atomic E-state index is -0.146. The van der Waals surface area contributed by atoms with Gasteiger partial charge in [-0.2, -0.15) is 0 Å². The van der Waals surface area contributed by atoms with E-state index in [1.54, 1.807) is 4.90 Å². The fourth-order valence-electron chi connectivity index (χ4n) is 2.02. The molecule has 7 heteroatoms. The number of aryl methyl sites for hydroxylation is 1. The number of aliphatic hydroxyl groups excluding tert-OH is 1. The molecule has 2 amide bonds. The first-order valence-corrected chi connectivity index (χ1v) is 7.03. The molecule has 0 saturated carbocycles. The van der Waals surface area contributed by atoms with Gasteiger partial charge in [0.05, 0.1) is 0 Å². The summed E-state index contributed by atoms with van der Waals surface area (Å²) in [5.41, 5.74) is 0.